The van der Waals surface area contributed by atoms with Gasteiger partial charge in [-0.1, -0.05) is 206 Å². The van der Waals surface area contributed by atoms with Gasteiger partial charge in [0.05, 0.1) is 66.1 Å². The quantitative estimate of drug-likeness (QED) is 0.0776. The molecule has 0 unspecified atom stereocenters. The van der Waals surface area contributed by atoms with Crippen LogP contribution in [0.1, 0.15) is 81.3 Å². The molecule has 5 fully saturated rings. The average Bonchev–Trinajstić information content (AvgIpc) is 1.61. The van der Waals surface area contributed by atoms with E-state index < -0.39 is 7.12 Å². The molecule has 3 N–H and O–H groups in total. The number of rotatable bonds is 12. The summed E-state index contributed by atoms with van der Waals surface area (Å²) in [5, 5.41) is 20.9. The predicted octanol–water partition coefficient (Wildman–Crippen LogP) is 11.5. The molecule has 0 spiro atoms. The van der Waals surface area contributed by atoms with Crippen molar-refractivity contribution in [2.45, 2.75) is 38.1 Å². The van der Waals surface area contributed by atoms with E-state index in [1.807, 2.05) is 48.5 Å². The van der Waals surface area contributed by atoms with Crippen molar-refractivity contribution in [3.05, 3.63) is 256 Å². The van der Waals surface area contributed by atoms with Crippen LogP contribution in [0.5, 0.6) is 0 Å². The van der Waals surface area contributed by atoms with Gasteiger partial charge in [0.1, 0.15) is 12.6 Å². The monoisotopic (exact) mass is 1280 g/mol. The summed E-state index contributed by atoms with van der Waals surface area (Å²) in [5.41, 5.74) is 19.2. The van der Waals surface area contributed by atoms with Gasteiger partial charge in [0.15, 0.2) is 18.9 Å². The van der Waals surface area contributed by atoms with E-state index in [1.165, 1.54) is 68.8 Å². The minimum Gasteiger partial charge on any atom is -0.423 e. The van der Waals surface area contributed by atoms with E-state index in [0.717, 1.165) is 49.7 Å². The number of anilines is 2. The highest BCUT2D eigenvalue weighted by atomic mass is 79.9. The number of hydrogen-bond acceptors (Lipinski definition) is 15. The zero-order valence-corrected chi connectivity index (χ0v) is 52.2. The van der Waals surface area contributed by atoms with E-state index in [0.29, 0.717) is 88.9 Å². The van der Waals surface area contributed by atoms with Gasteiger partial charge in [0.25, 0.3) is 0 Å². The van der Waals surface area contributed by atoms with E-state index in [4.69, 9.17) is 57.1 Å². The first kappa shape index (κ1) is 64.8. The molecule has 0 saturated carbocycles. The third kappa shape index (κ3) is 16.9. The van der Waals surface area contributed by atoms with E-state index in [2.05, 4.69) is 162 Å². The molecule has 5 saturated heterocycles. The van der Waals surface area contributed by atoms with E-state index in [9.17, 15) is 9.59 Å². The topological polar surface area (TPSA) is 179 Å². The summed E-state index contributed by atoms with van der Waals surface area (Å²) in [5.74, 6) is 0. The van der Waals surface area contributed by atoms with Crippen molar-refractivity contribution < 1.29 is 66.7 Å². The Kier molecular flexibility index (Phi) is 22.5. The molecular weight excluding hydrogens is 1220 g/mol. The van der Waals surface area contributed by atoms with Crippen LogP contribution in [-0.4, -0.2) is 110 Å². The van der Waals surface area contributed by atoms with E-state index in [1.54, 1.807) is 12.1 Å². The van der Waals surface area contributed by atoms with Crippen LogP contribution >= 0.6 is 15.9 Å². The Hall–Kier alpha value is -7.69. The summed E-state index contributed by atoms with van der Waals surface area (Å²) < 4.78 is 55.5. The fourth-order valence-electron chi connectivity index (χ4n) is 11.0. The Morgan fingerprint density at radius 1 is 0.429 bits per heavy atom. The van der Waals surface area contributed by atoms with E-state index in [-0.39, 0.29) is 38.5 Å². The Balaban J connectivity index is 0.000000125. The summed E-state index contributed by atoms with van der Waals surface area (Å²) in [6.07, 6.45) is 0.896. The van der Waals surface area contributed by atoms with Crippen molar-refractivity contribution in [3.63, 3.8) is 0 Å². The molecule has 19 heteroatoms. The van der Waals surface area contributed by atoms with Crippen LogP contribution in [-0.2, 0) is 52.5 Å². The minimum absolute atomic E-state index is 0.00815. The average molecular weight is 1280 g/mol. The lowest BCUT2D eigenvalue weighted by atomic mass is 9.79. The second-order valence-electron chi connectivity index (χ2n) is 22.4. The molecule has 5 heterocycles. The van der Waals surface area contributed by atoms with Crippen LogP contribution in [0.4, 0.5) is 11.4 Å². The number of halogens is 1. The first-order chi connectivity index (χ1) is 44.5. The number of ether oxygens (including phenoxy) is 6. The Labute approximate surface area is 540 Å². The van der Waals surface area contributed by atoms with Crippen molar-refractivity contribution >= 4 is 77.6 Å². The zero-order valence-electron chi connectivity index (χ0n) is 50.6. The Bertz CT molecular complexity index is 3730. The molecule has 0 atom stereocenters. The Morgan fingerprint density at radius 2 is 0.791 bits per heavy atom. The fraction of sp³-hybridized carbons (Fsp3) is 0.222. The molecule has 1 aliphatic carbocycles. The minimum atomic E-state index is -1.46. The lowest BCUT2D eigenvalue weighted by Crippen LogP contribution is -2.31. The second-order valence-corrected chi connectivity index (χ2v) is 23.3. The SMILES string of the molecule is Brc1ccc(-c2ccc(C3OCCO3)cc2)cc1.CC1(C)c2ccccc2-c2ccc(Nc3ccc(-c4ccc(C5OCCO5)cc4)cc3)cc21.O=Cc1ccc(B(O)O)cc1.O=Cc1ccc(B2OCCO2)cc1.c1cc(C2OCCO2)ccc1B1OCCO1. The summed E-state index contributed by atoms with van der Waals surface area (Å²) in [6, 6.07) is 70.4. The van der Waals surface area contributed by atoms with Crippen molar-refractivity contribution in [2.24, 2.45) is 0 Å². The lowest BCUT2D eigenvalue weighted by Gasteiger charge is -2.22. The van der Waals surface area contributed by atoms with Crippen molar-refractivity contribution in [1.82, 2.24) is 0 Å². The molecule has 9 aromatic carbocycles. The molecule has 15 rings (SSSR count). The zero-order chi connectivity index (χ0) is 62.9. The predicted molar refractivity (Wildman–Crippen MR) is 357 cm³/mol. The maximum Gasteiger partial charge on any atom is 0.494 e. The smallest absolute Gasteiger partial charge is 0.423 e. The molecule has 0 radical (unpaired) electrons. The maximum absolute atomic E-state index is 10.4. The molecule has 462 valence electrons. The van der Waals surface area contributed by atoms with Gasteiger partial charge >= 0.3 is 21.4 Å². The second kappa shape index (κ2) is 31.6. The van der Waals surface area contributed by atoms with Gasteiger partial charge in [-0.2, -0.15) is 0 Å². The van der Waals surface area contributed by atoms with Crippen LogP contribution in [0.3, 0.4) is 0 Å². The fourth-order valence-corrected chi connectivity index (χ4v) is 11.3. The molecule has 9 aromatic rings. The molecular formula is C72H69B3BrNO14. The van der Waals surface area contributed by atoms with E-state index >= 15 is 0 Å². The number of nitrogens with one attached hydrogen (secondary N) is 1. The Morgan fingerprint density at radius 3 is 1.22 bits per heavy atom. The summed E-state index contributed by atoms with van der Waals surface area (Å²) in [6.45, 7) is 11.3. The standard InChI is InChI=1S/C30H27NO2.C15H13BrO2.C11H13BO4.C9H9BO3.C7H7BO3/c1-30(2)27-6-4-3-5-25(27)26-16-15-24(19-28(26)30)31-23-13-11-21(12-14-23)20-7-9-22(10-8-20)29-32-17-18-33-29;16-14-7-5-12(6-8-14)11-1-3-13(4-2-11)15-17-9-10-18-15;1-3-10(12-15-7-8-16-12)4-2-9(1)11-13-5-6-14-11;11-7-8-1-3-9(4-2-8)10-12-5-6-13-10;9-5-6-1-3-7(4-2-6)8(10)11/h3-16,19,29,31H,17-18H2,1-2H3;1-8,15H,9-10H2;1-4,11H,5-8H2;1-4,7H,5-6H2;1-5,10-11H. The highest BCUT2D eigenvalue weighted by molar-refractivity contribution is 9.10. The van der Waals surface area contributed by atoms with Gasteiger partial charge in [-0.05, 0) is 97.3 Å². The third-order valence-electron chi connectivity index (χ3n) is 15.9. The van der Waals surface area contributed by atoms with Crippen LogP contribution in [0, 0.1) is 0 Å². The molecule has 91 heavy (non-hydrogen) atoms. The molecule has 0 bridgehead atoms. The van der Waals surface area contributed by atoms with Crippen LogP contribution in [0.25, 0.3) is 33.4 Å². The number of benzene rings is 9. The first-order valence-corrected chi connectivity index (χ1v) is 31.1. The number of hydrogen-bond donors (Lipinski definition) is 3. The normalized spacial score (nSPS) is 16.4. The van der Waals surface area contributed by atoms with Crippen molar-refractivity contribution in [3.8, 4) is 33.4 Å². The van der Waals surface area contributed by atoms with Crippen molar-refractivity contribution in [2.75, 3.05) is 71.4 Å². The summed E-state index contributed by atoms with van der Waals surface area (Å²) in [4.78, 5) is 20.5. The molecule has 0 amide bonds. The lowest BCUT2D eigenvalue weighted by molar-refractivity contribution is -0.0443. The first-order valence-electron chi connectivity index (χ1n) is 30.3. The highest BCUT2D eigenvalue weighted by Gasteiger charge is 2.35. The van der Waals surface area contributed by atoms with Gasteiger partial charge in [0, 0.05) is 49.1 Å². The largest absolute Gasteiger partial charge is 0.494 e. The van der Waals surface area contributed by atoms with Gasteiger partial charge in [-0.3, -0.25) is 9.59 Å². The number of carbonyl (C=O) groups excluding carboxylic acids is 2. The van der Waals surface area contributed by atoms with Gasteiger partial charge < -0.3 is 62.4 Å². The van der Waals surface area contributed by atoms with Crippen molar-refractivity contribution in [1.29, 1.82) is 0 Å². The summed E-state index contributed by atoms with van der Waals surface area (Å²) in [7, 11) is -1.92. The molecule has 0 aromatic heterocycles. The van der Waals surface area contributed by atoms with Crippen LogP contribution in [0.2, 0.25) is 0 Å². The van der Waals surface area contributed by atoms with Crippen LogP contribution < -0.4 is 21.7 Å². The summed E-state index contributed by atoms with van der Waals surface area (Å²) >= 11 is 3.44. The number of fused-ring (bicyclic) bond motifs is 3. The molecule has 6 aliphatic rings. The highest BCUT2D eigenvalue weighted by Crippen LogP contribution is 2.49. The van der Waals surface area contributed by atoms with Crippen LogP contribution in [0.15, 0.2) is 217 Å². The molecule has 15 nitrogen and oxygen atoms in total. The van der Waals surface area contributed by atoms with Gasteiger partial charge in [-0.25, -0.2) is 0 Å². The number of aldehydes is 2. The molecule has 5 aliphatic heterocycles. The van der Waals surface area contributed by atoms with Gasteiger partial charge in [0.2, 0.25) is 0 Å². The number of carbonyl (C=O) groups is 2. The maximum atomic E-state index is 10.4. The third-order valence-corrected chi connectivity index (χ3v) is 16.5. The van der Waals surface area contributed by atoms with Gasteiger partial charge in [-0.15, -0.1) is 0 Å².